The van der Waals surface area contributed by atoms with Crippen LogP contribution in [0.3, 0.4) is 0 Å². The second kappa shape index (κ2) is 5.35. The first-order valence-electron chi connectivity index (χ1n) is 5.80. The molecular weight excluding hydrogens is 198 g/mol. The average molecular weight is 221 g/mol. The molecular formula is C14H23NO. The van der Waals surface area contributed by atoms with E-state index >= 15 is 0 Å². The van der Waals surface area contributed by atoms with Crippen LogP contribution in [0.5, 0.6) is 5.75 Å². The molecule has 1 rings (SSSR count). The maximum Gasteiger partial charge on any atom is 0.119 e. The van der Waals surface area contributed by atoms with Gasteiger partial charge in [0.1, 0.15) is 5.75 Å². The fraction of sp³-hybridized carbons (Fsp3) is 0.571. The van der Waals surface area contributed by atoms with Crippen molar-refractivity contribution in [2.24, 2.45) is 5.41 Å². The van der Waals surface area contributed by atoms with Crippen LogP contribution < -0.4 is 10.1 Å². The number of methoxy groups -OCH3 is 1. The molecule has 1 aromatic rings. The Balaban J connectivity index is 2.62. The van der Waals surface area contributed by atoms with Crippen LogP contribution in [0.1, 0.15) is 39.3 Å². The zero-order chi connectivity index (χ0) is 12.2. The van der Waals surface area contributed by atoms with Gasteiger partial charge in [-0.2, -0.15) is 0 Å². The molecule has 16 heavy (non-hydrogen) atoms. The molecule has 0 amide bonds. The van der Waals surface area contributed by atoms with Gasteiger partial charge in [-0.1, -0.05) is 32.9 Å². The maximum absolute atomic E-state index is 5.22. The summed E-state index contributed by atoms with van der Waals surface area (Å²) in [5, 5.41) is 3.53. The second-order valence-corrected chi connectivity index (χ2v) is 5.44. The molecule has 90 valence electrons. The Morgan fingerprint density at radius 3 is 2.56 bits per heavy atom. The van der Waals surface area contributed by atoms with Gasteiger partial charge in [0, 0.05) is 12.6 Å². The average Bonchev–Trinajstić information content (AvgIpc) is 2.25. The number of hydrogen-bond acceptors (Lipinski definition) is 2. The van der Waals surface area contributed by atoms with Gasteiger partial charge in [-0.3, -0.25) is 0 Å². The van der Waals surface area contributed by atoms with E-state index in [4.69, 9.17) is 4.74 Å². The quantitative estimate of drug-likeness (QED) is 0.841. The van der Waals surface area contributed by atoms with E-state index in [-0.39, 0.29) is 0 Å². The van der Waals surface area contributed by atoms with Gasteiger partial charge in [-0.25, -0.2) is 0 Å². The zero-order valence-corrected chi connectivity index (χ0v) is 11.0. The van der Waals surface area contributed by atoms with Crippen LogP contribution in [0.25, 0.3) is 0 Å². The van der Waals surface area contributed by atoms with Crippen molar-refractivity contribution in [3.8, 4) is 5.75 Å². The van der Waals surface area contributed by atoms with Crippen LogP contribution >= 0.6 is 0 Å². The molecule has 0 fully saturated rings. The van der Waals surface area contributed by atoms with E-state index in [0.717, 1.165) is 12.3 Å². The third kappa shape index (κ3) is 4.23. The Bertz CT molecular complexity index is 328. The van der Waals surface area contributed by atoms with E-state index in [9.17, 15) is 0 Å². The van der Waals surface area contributed by atoms with Crippen molar-refractivity contribution < 1.29 is 4.74 Å². The van der Waals surface area contributed by atoms with Gasteiger partial charge in [0.15, 0.2) is 0 Å². The van der Waals surface area contributed by atoms with E-state index in [1.807, 2.05) is 12.1 Å². The number of ether oxygens (including phenoxy) is 1. The normalized spacial score (nSPS) is 13.6. The Kier molecular flexibility index (Phi) is 4.36. The van der Waals surface area contributed by atoms with Crippen LogP contribution in [0, 0.1) is 5.41 Å². The van der Waals surface area contributed by atoms with Crippen molar-refractivity contribution in [2.45, 2.75) is 33.7 Å². The minimum Gasteiger partial charge on any atom is -0.497 e. The van der Waals surface area contributed by atoms with Crippen LogP contribution in [-0.4, -0.2) is 13.7 Å². The van der Waals surface area contributed by atoms with Gasteiger partial charge in [-0.15, -0.1) is 0 Å². The van der Waals surface area contributed by atoms with Gasteiger partial charge < -0.3 is 10.1 Å². The van der Waals surface area contributed by atoms with Gasteiger partial charge in [0.25, 0.3) is 0 Å². The molecule has 0 spiro atoms. The molecule has 0 aromatic heterocycles. The molecule has 2 heteroatoms. The molecule has 0 unspecified atom stereocenters. The highest BCUT2D eigenvalue weighted by Gasteiger charge is 2.12. The first-order valence-corrected chi connectivity index (χ1v) is 5.80. The molecule has 0 heterocycles. The van der Waals surface area contributed by atoms with Crippen LogP contribution in [0.4, 0.5) is 0 Å². The SMILES string of the molecule is COc1cccc([C@@H](C)NCC(C)(C)C)c1. The van der Waals surface area contributed by atoms with Crippen molar-refractivity contribution in [3.05, 3.63) is 29.8 Å². The number of nitrogens with one attached hydrogen (secondary N) is 1. The van der Waals surface area contributed by atoms with Crippen molar-refractivity contribution in [2.75, 3.05) is 13.7 Å². The van der Waals surface area contributed by atoms with Gasteiger partial charge >= 0.3 is 0 Å². The highest BCUT2D eigenvalue weighted by Crippen LogP contribution is 2.20. The first kappa shape index (κ1) is 13.0. The van der Waals surface area contributed by atoms with E-state index in [1.54, 1.807) is 7.11 Å². The highest BCUT2D eigenvalue weighted by atomic mass is 16.5. The predicted octanol–water partition coefficient (Wildman–Crippen LogP) is 3.39. The summed E-state index contributed by atoms with van der Waals surface area (Å²) in [4.78, 5) is 0. The summed E-state index contributed by atoms with van der Waals surface area (Å²) in [5.74, 6) is 0.918. The summed E-state index contributed by atoms with van der Waals surface area (Å²) in [7, 11) is 1.70. The molecule has 0 aliphatic heterocycles. The van der Waals surface area contributed by atoms with Crippen molar-refractivity contribution in [3.63, 3.8) is 0 Å². The molecule has 1 atom stereocenters. The summed E-state index contributed by atoms with van der Waals surface area (Å²) in [6, 6.07) is 8.57. The summed E-state index contributed by atoms with van der Waals surface area (Å²) in [6.45, 7) is 9.89. The second-order valence-electron chi connectivity index (χ2n) is 5.44. The molecule has 0 saturated carbocycles. The zero-order valence-electron chi connectivity index (χ0n) is 11.0. The lowest BCUT2D eigenvalue weighted by Gasteiger charge is -2.23. The summed E-state index contributed by atoms with van der Waals surface area (Å²) >= 11 is 0. The van der Waals surface area contributed by atoms with Crippen molar-refractivity contribution in [1.82, 2.24) is 5.32 Å². The minimum atomic E-state index is 0.313. The molecule has 0 aliphatic rings. The lowest BCUT2D eigenvalue weighted by Crippen LogP contribution is -2.29. The molecule has 0 saturated heterocycles. The Hall–Kier alpha value is -1.02. The van der Waals surface area contributed by atoms with Crippen LogP contribution in [-0.2, 0) is 0 Å². The monoisotopic (exact) mass is 221 g/mol. The van der Waals surface area contributed by atoms with Crippen molar-refractivity contribution in [1.29, 1.82) is 0 Å². The topological polar surface area (TPSA) is 21.3 Å². The molecule has 1 aromatic carbocycles. The lowest BCUT2D eigenvalue weighted by atomic mass is 9.96. The van der Waals surface area contributed by atoms with E-state index in [2.05, 4.69) is 45.1 Å². The molecule has 0 radical (unpaired) electrons. The van der Waals surface area contributed by atoms with E-state index in [0.29, 0.717) is 11.5 Å². The van der Waals surface area contributed by atoms with Gasteiger partial charge in [0.2, 0.25) is 0 Å². The molecule has 0 aliphatic carbocycles. The smallest absolute Gasteiger partial charge is 0.119 e. The number of benzene rings is 1. The maximum atomic E-state index is 5.22. The number of rotatable bonds is 4. The van der Waals surface area contributed by atoms with Gasteiger partial charge in [-0.05, 0) is 30.0 Å². The van der Waals surface area contributed by atoms with Crippen LogP contribution in [0.2, 0.25) is 0 Å². The standard InChI is InChI=1S/C14H23NO/c1-11(15-10-14(2,3)4)12-7-6-8-13(9-12)16-5/h6-9,11,15H,10H2,1-5H3/t11-/m1/s1. The molecule has 0 bridgehead atoms. The van der Waals surface area contributed by atoms with E-state index < -0.39 is 0 Å². The minimum absolute atomic E-state index is 0.313. The fourth-order valence-corrected chi connectivity index (χ4v) is 1.49. The van der Waals surface area contributed by atoms with Crippen molar-refractivity contribution >= 4 is 0 Å². The lowest BCUT2D eigenvalue weighted by molar-refractivity contribution is 0.359. The molecule has 2 nitrogen and oxygen atoms in total. The highest BCUT2D eigenvalue weighted by molar-refractivity contribution is 5.30. The fourth-order valence-electron chi connectivity index (χ4n) is 1.49. The largest absolute Gasteiger partial charge is 0.497 e. The van der Waals surface area contributed by atoms with Crippen LogP contribution in [0.15, 0.2) is 24.3 Å². The Morgan fingerprint density at radius 2 is 2.00 bits per heavy atom. The van der Waals surface area contributed by atoms with Gasteiger partial charge in [0.05, 0.1) is 7.11 Å². The number of hydrogen-bond donors (Lipinski definition) is 1. The Labute approximate surface area is 99.0 Å². The first-order chi connectivity index (χ1) is 7.42. The summed E-state index contributed by atoms with van der Waals surface area (Å²) in [5.41, 5.74) is 1.58. The Morgan fingerprint density at radius 1 is 1.31 bits per heavy atom. The third-order valence-corrected chi connectivity index (χ3v) is 2.53. The third-order valence-electron chi connectivity index (χ3n) is 2.53. The summed E-state index contributed by atoms with van der Waals surface area (Å²) < 4.78 is 5.22. The molecule has 1 N–H and O–H groups in total. The predicted molar refractivity (Wildman–Crippen MR) is 68.9 cm³/mol. The summed E-state index contributed by atoms with van der Waals surface area (Å²) in [6.07, 6.45) is 0. The van der Waals surface area contributed by atoms with E-state index in [1.165, 1.54) is 5.56 Å².